The van der Waals surface area contributed by atoms with E-state index < -0.39 is 0 Å². The van der Waals surface area contributed by atoms with E-state index in [1.54, 1.807) is 12.5 Å². The first-order chi connectivity index (χ1) is 13.3. The maximum Gasteiger partial charge on any atom is 0.275 e. The fourth-order valence-electron chi connectivity index (χ4n) is 5.36. The van der Waals surface area contributed by atoms with Gasteiger partial charge in [0.05, 0.1) is 36.4 Å². The van der Waals surface area contributed by atoms with Crippen LogP contribution in [0.15, 0.2) is 88.5 Å². The van der Waals surface area contributed by atoms with Crippen molar-refractivity contribution >= 4 is 11.6 Å². The molecule has 1 aromatic carbocycles. The van der Waals surface area contributed by atoms with Crippen LogP contribution in [0.3, 0.4) is 0 Å². The maximum absolute atomic E-state index is 6.67. The molecule has 0 saturated heterocycles. The summed E-state index contributed by atoms with van der Waals surface area (Å²) >= 11 is 6.67. The number of halogens is 1. The minimum absolute atomic E-state index is 0.132. The van der Waals surface area contributed by atoms with Gasteiger partial charge < -0.3 is 8.83 Å². The molecule has 7 rings (SSSR count). The number of pyridine rings is 1. The zero-order chi connectivity index (χ0) is 18.0. The standard InChI is InChI=1S/C23H17ClNO2/c24-21-7-3-6-19-22-18-5-2-1-4-17(18)20(25(19)21)12-23(22,15-8-10-26-13-15)16-9-11-27-14-16/h1-11,13-14,20,22H,12H2/q+1/t20-,22+/m0/s1. The van der Waals surface area contributed by atoms with E-state index in [0.29, 0.717) is 0 Å². The summed E-state index contributed by atoms with van der Waals surface area (Å²) < 4.78 is 13.4. The first kappa shape index (κ1) is 15.3. The van der Waals surface area contributed by atoms with Gasteiger partial charge in [-0.15, -0.1) is 0 Å². The third-order valence-electron chi connectivity index (χ3n) is 6.36. The van der Waals surface area contributed by atoms with E-state index in [-0.39, 0.29) is 17.4 Å². The summed E-state index contributed by atoms with van der Waals surface area (Å²) in [5.74, 6) is 0.132. The molecule has 3 aromatic heterocycles. The summed E-state index contributed by atoms with van der Waals surface area (Å²) in [5, 5.41) is 0.782. The van der Waals surface area contributed by atoms with Crippen LogP contribution < -0.4 is 4.57 Å². The predicted molar refractivity (Wildman–Crippen MR) is 101 cm³/mol. The highest BCUT2D eigenvalue weighted by atomic mass is 35.5. The molecule has 0 N–H and O–H groups in total. The molecule has 0 amide bonds. The molecule has 2 aliphatic heterocycles. The second-order valence-corrected chi connectivity index (χ2v) is 7.81. The van der Waals surface area contributed by atoms with Gasteiger partial charge in [0.1, 0.15) is 0 Å². The Labute approximate surface area is 161 Å². The molecule has 5 heterocycles. The lowest BCUT2D eigenvalue weighted by atomic mass is 9.54. The van der Waals surface area contributed by atoms with E-state index in [0.717, 1.165) is 11.6 Å². The minimum Gasteiger partial charge on any atom is -0.472 e. The molecular formula is C23H17ClNO2+. The van der Waals surface area contributed by atoms with Crippen molar-refractivity contribution in [1.29, 1.82) is 0 Å². The number of nitrogens with zero attached hydrogens (tertiary/aromatic N) is 1. The van der Waals surface area contributed by atoms with Gasteiger partial charge in [-0.2, -0.15) is 4.57 Å². The van der Waals surface area contributed by atoms with Crippen molar-refractivity contribution in [3.8, 4) is 0 Å². The summed E-state index contributed by atoms with van der Waals surface area (Å²) in [6, 6.07) is 19.3. The molecule has 2 atom stereocenters. The van der Waals surface area contributed by atoms with Crippen LogP contribution in [0.5, 0.6) is 0 Å². The number of aromatic nitrogens is 1. The molecule has 1 aliphatic carbocycles. The van der Waals surface area contributed by atoms with Crippen molar-refractivity contribution in [2.75, 3.05) is 0 Å². The summed E-state index contributed by atoms with van der Waals surface area (Å²) in [6.45, 7) is 0. The Morgan fingerprint density at radius 2 is 1.56 bits per heavy atom. The molecular weight excluding hydrogens is 358 g/mol. The summed E-state index contributed by atoms with van der Waals surface area (Å²) in [6.07, 6.45) is 8.19. The second-order valence-electron chi connectivity index (χ2n) is 7.42. The lowest BCUT2D eigenvalue weighted by molar-refractivity contribution is -0.730. The zero-order valence-corrected chi connectivity index (χ0v) is 15.3. The van der Waals surface area contributed by atoms with Crippen molar-refractivity contribution in [3.05, 3.63) is 113 Å². The van der Waals surface area contributed by atoms with E-state index in [4.69, 9.17) is 20.4 Å². The molecule has 27 heavy (non-hydrogen) atoms. The first-order valence-corrected chi connectivity index (χ1v) is 9.52. The van der Waals surface area contributed by atoms with E-state index >= 15 is 0 Å². The fourth-order valence-corrected chi connectivity index (χ4v) is 5.65. The molecule has 0 unspecified atom stereocenters. The van der Waals surface area contributed by atoms with Gasteiger partial charge in [0.15, 0.2) is 11.7 Å². The van der Waals surface area contributed by atoms with Crippen LogP contribution >= 0.6 is 11.6 Å². The molecule has 0 radical (unpaired) electrons. The van der Waals surface area contributed by atoms with Crippen LogP contribution in [0.1, 0.15) is 46.3 Å². The topological polar surface area (TPSA) is 30.2 Å². The maximum atomic E-state index is 6.67. The Morgan fingerprint density at radius 1 is 0.852 bits per heavy atom. The van der Waals surface area contributed by atoms with E-state index in [9.17, 15) is 0 Å². The molecule has 4 aromatic rings. The Kier molecular flexibility index (Phi) is 3.04. The van der Waals surface area contributed by atoms with Gasteiger partial charge in [0.25, 0.3) is 5.15 Å². The van der Waals surface area contributed by atoms with Crippen LogP contribution in [0.4, 0.5) is 0 Å². The highest BCUT2D eigenvalue weighted by Gasteiger charge is 2.60. The van der Waals surface area contributed by atoms with E-state index in [1.807, 2.05) is 24.7 Å². The Hall–Kier alpha value is -2.78. The molecule has 132 valence electrons. The van der Waals surface area contributed by atoms with Gasteiger partial charge in [0, 0.05) is 35.2 Å². The van der Waals surface area contributed by atoms with Crippen molar-refractivity contribution < 1.29 is 13.4 Å². The summed E-state index contributed by atoms with van der Waals surface area (Å²) in [7, 11) is 0. The van der Waals surface area contributed by atoms with Crippen LogP contribution in [-0.2, 0) is 5.41 Å². The Balaban J connectivity index is 1.74. The highest BCUT2D eigenvalue weighted by molar-refractivity contribution is 6.28. The fraction of sp³-hybridized carbons (Fsp3) is 0.174. The average Bonchev–Trinajstić information content (AvgIpc) is 3.42. The number of fused-ring (bicyclic) bond motifs is 1. The lowest BCUT2D eigenvalue weighted by Crippen LogP contribution is -2.60. The Morgan fingerprint density at radius 3 is 2.22 bits per heavy atom. The second kappa shape index (κ2) is 5.37. The van der Waals surface area contributed by atoms with E-state index in [2.05, 4.69) is 47.0 Å². The van der Waals surface area contributed by atoms with Crippen LogP contribution in [0.2, 0.25) is 5.15 Å². The lowest BCUT2D eigenvalue weighted by Gasteiger charge is -2.48. The number of furan rings is 2. The number of rotatable bonds is 2. The summed E-state index contributed by atoms with van der Waals surface area (Å²) in [5.41, 5.74) is 6.07. The third kappa shape index (κ3) is 1.85. The van der Waals surface area contributed by atoms with E-state index in [1.165, 1.54) is 27.9 Å². The third-order valence-corrected chi connectivity index (χ3v) is 6.67. The van der Waals surface area contributed by atoms with Crippen molar-refractivity contribution in [2.24, 2.45) is 0 Å². The first-order valence-electron chi connectivity index (χ1n) is 9.15. The number of hydrogen-bond acceptors (Lipinski definition) is 2. The molecule has 0 saturated carbocycles. The SMILES string of the molecule is Clc1cccc2[n+]1[C@H]1CC(c3ccoc3)(c3ccoc3)[C@@H]2c2ccccc21. The van der Waals surface area contributed by atoms with Crippen molar-refractivity contribution in [3.63, 3.8) is 0 Å². The number of hydrogen-bond donors (Lipinski definition) is 0. The largest absolute Gasteiger partial charge is 0.472 e. The average molecular weight is 375 g/mol. The molecule has 0 fully saturated rings. The van der Waals surface area contributed by atoms with Gasteiger partial charge in [-0.3, -0.25) is 0 Å². The molecule has 3 aliphatic rings. The van der Waals surface area contributed by atoms with Gasteiger partial charge in [0.2, 0.25) is 0 Å². The Bertz CT molecular complexity index is 1100. The van der Waals surface area contributed by atoms with Gasteiger partial charge >= 0.3 is 0 Å². The zero-order valence-electron chi connectivity index (χ0n) is 14.5. The van der Waals surface area contributed by atoms with Crippen molar-refractivity contribution in [1.82, 2.24) is 0 Å². The minimum atomic E-state index is -0.246. The van der Waals surface area contributed by atoms with Crippen molar-refractivity contribution in [2.45, 2.75) is 23.8 Å². The molecule has 3 nitrogen and oxygen atoms in total. The van der Waals surface area contributed by atoms with Crippen LogP contribution in [-0.4, -0.2) is 0 Å². The van der Waals surface area contributed by atoms with Crippen LogP contribution in [0, 0.1) is 0 Å². The quantitative estimate of drug-likeness (QED) is 0.355. The smallest absolute Gasteiger partial charge is 0.275 e. The van der Waals surface area contributed by atoms with Gasteiger partial charge in [-0.05, 0) is 35.4 Å². The molecule has 0 spiro atoms. The number of benzene rings is 1. The summed E-state index contributed by atoms with van der Waals surface area (Å²) in [4.78, 5) is 0. The normalized spacial score (nSPS) is 21.7. The molecule has 4 heteroatoms. The monoisotopic (exact) mass is 374 g/mol. The van der Waals surface area contributed by atoms with Gasteiger partial charge in [-0.1, -0.05) is 24.3 Å². The molecule has 2 bridgehead atoms. The van der Waals surface area contributed by atoms with Gasteiger partial charge in [-0.25, -0.2) is 0 Å². The predicted octanol–water partition coefficient (Wildman–Crippen LogP) is 5.24. The van der Waals surface area contributed by atoms with Crippen LogP contribution in [0.25, 0.3) is 0 Å². The highest BCUT2D eigenvalue weighted by Crippen LogP contribution is 2.59.